The van der Waals surface area contributed by atoms with Crippen LogP contribution in [0.3, 0.4) is 0 Å². The van der Waals surface area contributed by atoms with Crippen LogP contribution in [-0.4, -0.2) is 31.1 Å². The molecule has 2 aromatic carbocycles. The van der Waals surface area contributed by atoms with E-state index < -0.39 is 0 Å². The molecule has 0 aliphatic heterocycles. The maximum Gasteiger partial charge on any atom is 0.255 e. The fraction of sp³-hybridized carbons (Fsp3) is 0.167. The minimum Gasteiger partial charge on any atom is -0.322 e. The van der Waals surface area contributed by atoms with Gasteiger partial charge in [-0.05, 0) is 54.6 Å². The predicted octanol–water partition coefficient (Wildman–Crippen LogP) is 3.53. The molecular weight excluding hydrogens is 348 g/mol. The maximum atomic E-state index is 12.6. The van der Waals surface area contributed by atoms with Gasteiger partial charge in [-0.15, -0.1) is 16.4 Å². The van der Waals surface area contributed by atoms with Gasteiger partial charge in [0, 0.05) is 23.4 Å². The van der Waals surface area contributed by atoms with Crippen LogP contribution in [0.5, 0.6) is 0 Å². The van der Waals surface area contributed by atoms with Crippen LogP contribution in [-0.2, 0) is 6.54 Å². The summed E-state index contributed by atoms with van der Waals surface area (Å²) in [5, 5.41) is 15.6. The van der Waals surface area contributed by atoms with Crippen molar-refractivity contribution in [1.82, 2.24) is 25.2 Å². The quantitative estimate of drug-likeness (QED) is 0.599. The van der Waals surface area contributed by atoms with Gasteiger partial charge in [0.05, 0.1) is 15.2 Å². The number of benzene rings is 2. The Kier molecular flexibility index (Phi) is 4.18. The Morgan fingerprint density at radius 3 is 2.96 bits per heavy atom. The number of hydrogen-bond acceptors (Lipinski definition) is 6. The topological polar surface area (TPSA) is 85.6 Å². The Bertz CT molecular complexity index is 1100. The molecule has 0 aliphatic rings. The summed E-state index contributed by atoms with van der Waals surface area (Å²) in [5.74, 6) is 0.465. The third-order valence-electron chi connectivity index (χ3n) is 3.97. The Hall–Kier alpha value is -3.13. The van der Waals surface area contributed by atoms with Gasteiger partial charge in [-0.25, -0.2) is 9.67 Å². The van der Waals surface area contributed by atoms with Gasteiger partial charge in [-0.3, -0.25) is 4.79 Å². The smallest absolute Gasteiger partial charge is 0.255 e. The molecule has 26 heavy (non-hydrogen) atoms. The fourth-order valence-corrected chi connectivity index (χ4v) is 3.61. The molecule has 0 radical (unpaired) electrons. The molecule has 7 nitrogen and oxygen atoms in total. The lowest BCUT2D eigenvalue weighted by molar-refractivity contribution is 0.102. The molecule has 0 saturated heterocycles. The number of hydrogen-bond donors (Lipinski definition) is 1. The van der Waals surface area contributed by atoms with Crippen LogP contribution in [0.4, 0.5) is 5.69 Å². The van der Waals surface area contributed by atoms with Gasteiger partial charge in [0.15, 0.2) is 5.82 Å². The Labute approximate surface area is 153 Å². The van der Waals surface area contributed by atoms with E-state index in [1.165, 1.54) is 0 Å². The first-order valence-corrected chi connectivity index (χ1v) is 9.01. The molecule has 0 aliphatic carbocycles. The van der Waals surface area contributed by atoms with Gasteiger partial charge >= 0.3 is 0 Å². The molecule has 0 atom stereocenters. The van der Waals surface area contributed by atoms with E-state index in [1.807, 2.05) is 44.2 Å². The molecule has 0 fully saturated rings. The van der Waals surface area contributed by atoms with Crippen LogP contribution in [0.1, 0.15) is 22.3 Å². The first kappa shape index (κ1) is 16.3. The molecule has 1 N–H and O–H groups in total. The molecule has 2 aromatic heterocycles. The summed E-state index contributed by atoms with van der Waals surface area (Å²) in [6.07, 6.45) is 0. The molecule has 0 unspecified atom stereocenters. The lowest BCUT2D eigenvalue weighted by atomic mass is 10.1. The normalized spacial score (nSPS) is 11.0. The number of amides is 1. The van der Waals surface area contributed by atoms with Crippen LogP contribution in [0.25, 0.3) is 21.6 Å². The number of rotatable bonds is 4. The van der Waals surface area contributed by atoms with Crippen molar-refractivity contribution in [2.24, 2.45) is 0 Å². The second-order valence-electron chi connectivity index (χ2n) is 5.77. The molecule has 130 valence electrons. The summed E-state index contributed by atoms with van der Waals surface area (Å²) in [7, 11) is 0. The molecule has 0 saturated carbocycles. The van der Waals surface area contributed by atoms with Crippen LogP contribution in [0, 0.1) is 6.92 Å². The first-order chi connectivity index (χ1) is 12.6. The summed E-state index contributed by atoms with van der Waals surface area (Å²) < 4.78 is 2.74. The Morgan fingerprint density at radius 1 is 1.23 bits per heavy atom. The average molecular weight is 364 g/mol. The predicted molar refractivity (Wildman–Crippen MR) is 101 cm³/mol. The maximum absolute atomic E-state index is 12.6. The lowest BCUT2D eigenvalue weighted by Gasteiger charge is -2.07. The van der Waals surface area contributed by atoms with E-state index in [2.05, 4.69) is 25.8 Å². The Morgan fingerprint density at radius 2 is 2.12 bits per heavy atom. The zero-order valence-corrected chi connectivity index (χ0v) is 15.1. The number of thiazole rings is 1. The first-order valence-electron chi connectivity index (χ1n) is 8.19. The summed E-state index contributed by atoms with van der Waals surface area (Å²) in [4.78, 5) is 17.1. The molecule has 4 aromatic rings. The summed E-state index contributed by atoms with van der Waals surface area (Å²) in [5.41, 5.74) is 3.04. The number of aromatic nitrogens is 5. The molecular formula is C18H16N6OS. The molecule has 8 heteroatoms. The summed E-state index contributed by atoms with van der Waals surface area (Å²) in [6, 6.07) is 13.0. The van der Waals surface area contributed by atoms with E-state index in [1.54, 1.807) is 28.2 Å². The number of carbonyl (C=O) groups excluding carboxylic acids is 1. The number of aryl methyl sites for hydroxylation is 2. The zero-order chi connectivity index (χ0) is 18.1. The molecule has 2 heterocycles. The highest BCUT2D eigenvalue weighted by Gasteiger charge is 2.12. The number of nitrogens with one attached hydrogen (secondary N) is 1. The van der Waals surface area contributed by atoms with E-state index >= 15 is 0 Å². The molecule has 0 bridgehead atoms. The zero-order valence-electron chi connectivity index (χ0n) is 14.3. The van der Waals surface area contributed by atoms with E-state index in [9.17, 15) is 4.79 Å². The van der Waals surface area contributed by atoms with Crippen LogP contribution in [0.2, 0.25) is 0 Å². The Balaban J connectivity index is 1.60. The van der Waals surface area contributed by atoms with Gasteiger partial charge < -0.3 is 5.32 Å². The summed E-state index contributed by atoms with van der Waals surface area (Å²) >= 11 is 1.61. The highest BCUT2D eigenvalue weighted by atomic mass is 32.1. The monoisotopic (exact) mass is 364 g/mol. The second-order valence-corrected chi connectivity index (χ2v) is 7.00. The van der Waals surface area contributed by atoms with E-state index in [0.717, 1.165) is 26.5 Å². The van der Waals surface area contributed by atoms with Crippen molar-refractivity contribution in [2.45, 2.75) is 20.4 Å². The SMILES string of the molecule is CCn1nnnc1-c1cccc(C(=O)Nc2ccc3nc(C)sc3c2)c1. The van der Waals surface area contributed by atoms with Gasteiger partial charge in [-0.1, -0.05) is 12.1 Å². The van der Waals surface area contributed by atoms with E-state index in [-0.39, 0.29) is 5.91 Å². The van der Waals surface area contributed by atoms with Crippen molar-refractivity contribution >= 4 is 33.1 Å². The van der Waals surface area contributed by atoms with Crippen molar-refractivity contribution in [1.29, 1.82) is 0 Å². The molecule has 4 rings (SSSR count). The van der Waals surface area contributed by atoms with Crippen LogP contribution >= 0.6 is 11.3 Å². The largest absolute Gasteiger partial charge is 0.322 e. The van der Waals surface area contributed by atoms with E-state index in [4.69, 9.17) is 0 Å². The number of anilines is 1. The second kappa shape index (κ2) is 6.64. The van der Waals surface area contributed by atoms with Gasteiger partial charge in [0.1, 0.15) is 0 Å². The van der Waals surface area contributed by atoms with Crippen molar-refractivity contribution in [2.75, 3.05) is 5.32 Å². The van der Waals surface area contributed by atoms with Crippen LogP contribution in [0.15, 0.2) is 42.5 Å². The van der Waals surface area contributed by atoms with Crippen LogP contribution < -0.4 is 5.32 Å². The lowest BCUT2D eigenvalue weighted by Crippen LogP contribution is -2.12. The number of fused-ring (bicyclic) bond motifs is 1. The van der Waals surface area contributed by atoms with E-state index in [0.29, 0.717) is 17.9 Å². The standard InChI is InChI=1S/C18H16N6OS/c1-3-24-17(21-22-23-24)12-5-4-6-13(9-12)18(25)20-14-7-8-15-16(10-14)26-11(2)19-15/h4-10H,3H2,1-2H3,(H,20,25). The third-order valence-corrected chi connectivity index (χ3v) is 4.90. The van der Waals surface area contributed by atoms with Crippen molar-refractivity contribution in [3.63, 3.8) is 0 Å². The third kappa shape index (κ3) is 3.06. The highest BCUT2D eigenvalue weighted by molar-refractivity contribution is 7.18. The van der Waals surface area contributed by atoms with Crippen molar-refractivity contribution in [3.05, 3.63) is 53.0 Å². The number of nitrogens with zero attached hydrogens (tertiary/aromatic N) is 5. The number of carbonyl (C=O) groups is 1. The van der Waals surface area contributed by atoms with Gasteiger partial charge in [-0.2, -0.15) is 0 Å². The molecule has 1 amide bonds. The van der Waals surface area contributed by atoms with Crippen molar-refractivity contribution < 1.29 is 4.79 Å². The minimum absolute atomic E-state index is 0.178. The highest BCUT2D eigenvalue weighted by Crippen LogP contribution is 2.25. The average Bonchev–Trinajstić information content (AvgIpc) is 3.26. The van der Waals surface area contributed by atoms with Gasteiger partial charge in [0.25, 0.3) is 5.91 Å². The van der Waals surface area contributed by atoms with Gasteiger partial charge in [0.2, 0.25) is 0 Å². The minimum atomic E-state index is -0.178. The number of tetrazole rings is 1. The summed E-state index contributed by atoms with van der Waals surface area (Å²) in [6.45, 7) is 4.60. The van der Waals surface area contributed by atoms with Crippen molar-refractivity contribution in [3.8, 4) is 11.4 Å². The fourth-order valence-electron chi connectivity index (χ4n) is 2.74. The molecule has 0 spiro atoms.